The molecule has 0 amide bonds. The van der Waals surface area contributed by atoms with E-state index in [9.17, 15) is 0 Å². The number of pyridine rings is 1. The van der Waals surface area contributed by atoms with Gasteiger partial charge in [-0.05, 0) is 141 Å². The zero-order chi connectivity index (χ0) is 32.9. The van der Waals surface area contributed by atoms with Crippen LogP contribution in [0.5, 0.6) is 0 Å². The second-order valence-electron chi connectivity index (χ2n) is 15.5. The normalized spacial score (nSPS) is 23.3. The molecule has 3 saturated carbocycles. The van der Waals surface area contributed by atoms with E-state index >= 15 is 0 Å². The van der Waals surface area contributed by atoms with Gasteiger partial charge in [0.2, 0.25) is 0 Å². The lowest BCUT2D eigenvalue weighted by molar-refractivity contribution is 0.159. The van der Waals surface area contributed by atoms with E-state index in [1.807, 2.05) is 6.20 Å². The van der Waals surface area contributed by atoms with Gasteiger partial charge in [-0.15, -0.1) is 0 Å². The molecule has 4 heteroatoms. The molecule has 0 atom stereocenters. The summed E-state index contributed by atoms with van der Waals surface area (Å²) in [5, 5.41) is 0. The van der Waals surface area contributed by atoms with Crippen LogP contribution < -0.4 is 4.90 Å². The molecular weight excluding hydrogens is 573 g/mol. The Kier molecular flexibility index (Phi) is 11.0. The largest absolute Gasteiger partial charge is 0.375 e. The number of anilines is 1. The molecule has 2 aliphatic heterocycles. The van der Waals surface area contributed by atoms with E-state index in [1.165, 1.54) is 123 Å². The summed E-state index contributed by atoms with van der Waals surface area (Å²) in [5.41, 5.74) is 11.0. The number of benzene rings is 1. The first-order chi connectivity index (χ1) is 22.8. The molecule has 2 aromatic rings. The standard InChI is InChI=1S/C36H47N3.C7H13N/c1-4-28-14-17-32(20-25(28)2)30-12-10-27(11-13-30)24-39(26(3)29-8-6-5-7-9-29)36-22-33(18-19-37-36)34-21-35(38-23-34)31-15-16-31;1-6(2)8-4-7(3)5-8/h14,17-22,27,29-31H,3-13,15-16,23-24H2,1-2H3;7H,1,4-5H2,2-3H3. The van der Waals surface area contributed by atoms with Crippen molar-refractivity contribution in [2.75, 3.05) is 31.1 Å². The van der Waals surface area contributed by atoms with Gasteiger partial charge in [0.05, 0.1) is 6.54 Å². The molecule has 3 heterocycles. The molecule has 0 radical (unpaired) electrons. The average Bonchev–Trinajstić information content (AvgIpc) is 3.82. The number of aryl methyl sites for hydroxylation is 2. The zero-order valence-corrected chi connectivity index (χ0v) is 29.9. The maximum Gasteiger partial charge on any atom is 0.133 e. The van der Waals surface area contributed by atoms with Crippen molar-refractivity contribution in [3.8, 4) is 0 Å². The highest BCUT2D eigenvalue weighted by molar-refractivity contribution is 6.07. The zero-order valence-electron chi connectivity index (χ0n) is 29.9. The Morgan fingerprint density at radius 2 is 1.64 bits per heavy atom. The van der Waals surface area contributed by atoms with Gasteiger partial charge >= 0.3 is 0 Å². The highest BCUT2D eigenvalue weighted by atomic mass is 15.2. The van der Waals surface area contributed by atoms with Crippen LogP contribution in [0.3, 0.4) is 0 Å². The van der Waals surface area contributed by atoms with Gasteiger partial charge in [0.15, 0.2) is 0 Å². The van der Waals surface area contributed by atoms with Crippen LogP contribution in [0.25, 0.3) is 5.57 Å². The molecule has 0 N–H and O–H groups in total. The van der Waals surface area contributed by atoms with Crippen LogP contribution in [-0.4, -0.2) is 41.8 Å². The Morgan fingerprint density at radius 3 is 2.26 bits per heavy atom. The van der Waals surface area contributed by atoms with E-state index < -0.39 is 0 Å². The number of aliphatic imine (C=N–C) groups is 1. The lowest BCUT2D eigenvalue weighted by Crippen LogP contribution is -2.43. The number of hydrogen-bond acceptors (Lipinski definition) is 4. The molecule has 4 nitrogen and oxygen atoms in total. The summed E-state index contributed by atoms with van der Waals surface area (Å²) in [6, 6.07) is 11.7. The minimum Gasteiger partial charge on any atom is -0.375 e. The van der Waals surface area contributed by atoms with Crippen LogP contribution in [0.1, 0.15) is 120 Å². The SMILES string of the molecule is C=C(C)N1CC(C)C1.C=C(C1CCCCC1)N(CC1CCC(c2ccc(CC)c(C)c2)CC1)c1cc(C2=CC(C3CC3)=NC2)ccn1. The summed E-state index contributed by atoms with van der Waals surface area (Å²) in [5.74, 6) is 4.70. The number of allylic oxidation sites excluding steroid dienone is 3. The van der Waals surface area contributed by atoms with Gasteiger partial charge < -0.3 is 9.80 Å². The number of hydrogen-bond donors (Lipinski definition) is 0. The Labute approximate surface area is 286 Å². The third-order valence-electron chi connectivity index (χ3n) is 11.7. The molecule has 0 bridgehead atoms. The van der Waals surface area contributed by atoms with Gasteiger partial charge in [-0.25, -0.2) is 4.98 Å². The van der Waals surface area contributed by atoms with Gasteiger partial charge in [-0.3, -0.25) is 4.99 Å². The number of nitrogens with zero attached hydrogens (tertiary/aromatic N) is 4. The lowest BCUT2D eigenvalue weighted by atomic mass is 9.77. The summed E-state index contributed by atoms with van der Waals surface area (Å²) < 4.78 is 0. The van der Waals surface area contributed by atoms with Crippen molar-refractivity contribution in [3.05, 3.63) is 89.4 Å². The van der Waals surface area contributed by atoms with Gasteiger partial charge in [0.25, 0.3) is 0 Å². The number of likely N-dealkylation sites (tertiary alicyclic amines) is 1. The van der Waals surface area contributed by atoms with Gasteiger partial charge in [0, 0.05) is 48.9 Å². The summed E-state index contributed by atoms with van der Waals surface area (Å²) in [7, 11) is 0. The van der Waals surface area contributed by atoms with Crippen molar-refractivity contribution >= 4 is 17.1 Å². The van der Waals surface area contributed by atoms with E-state index in [0.29, 0.717) is 17.8 Å². The van der Waals surface area contributed by atoms with Crippen molar-refractivity contribution in [2.45, 2.75) is 111 Å². The molecule has 47 heavy (non-hydrogen) atoms. The minimum atomic E-state index is 0.594. The summed E-state index contributed by atoms with van der Waals surface area (Å²) in [6.45, 7) is 21.7. The molecule has 3 aliphatic carbocycles. The fourth-order valence-corrected chi connectivity index (χ4v) is 8.34. The van der Waals surface area contributed by atoms with Crippen molar-refractivity contribution < 1.29 is 0 Å². The van der Waals surface area contributed by atoms with Crippen molar-refractivity contribution in [2.24, 2.45) is 28.7 Å². The van der Waals surface area contributed by atoms with E-state index in [-0.39, 0.29) is 0 Å². The van der Waals surface area contributed by atoms with E-state index in [2.05, 4.69) is 80.5 Å². The third-order valence-corrected chi connectivity index (χ3v) is 11.7. The van der Waals surface area contributed by atoms with Gasteiger partial charge in [0.1, 0.15) is 5.82 Å². The second kappa shape index (κ2) is 15.4. The predicted octanol–water partition coefficient (Wildman–Crippen LogP) is 10.5. The molecule has 7 rings (SSSR count). The monoisotopic (exact) mass is 632 g/mol. The summed E-state index contributed by atoms with van der Waals surface area (Å²) in [4.78, 5) is 14.6. The van der Waals surface area contributed by atoms with Crippen LogP contribution in [0, 0.1) is 30.6 Å². The predicted molar refractivity (Wildman–Crippen MR) is 201 cm³/mol. The Hall–Kier alpha value is -3.14. The maximum absolute atomic E-state index is 4.95. The van der Waals surface area contributed by atoms with E-state index in [0.717, 1.165) is 37.2 Å². The fraction of sp³-hybridized carbons (Fsp3) is 0.581. The van der Waals surface area contributed by atoms with E-state index in [1.54, 1.807) is 5.56 Å². The van der Waals surface area contributed by atoms with Gasteiger partial charge in [-0.1, -0.05) is 64.5 Å². The Morgan fingerprint density at radius 1 is 0.915 bits per heavy atom. The first-order valence-electron chi connectivity index (χ1n) is 19.0. The van der Waals surface area contributed by atoms with Gasteiger partial charge in [-0.2, -0.15) is 0 Å². The molecule has 0 spiro atoms. The second-order valence-corrected chi connectivity index (χ2v) is 15.5. The minimum absolute atomic E-state index is 0.594. The molecule has 1 saturated heterocycles. The number of aromatic nitrogens is 1. The van der Waals surface area contributed by atoms with Crippen LogP contribution in [-0.2, 0) is 6.42 Å². The summed E-state index contributed by atoms with van der Waals surface area (Å²) in [6.07, 6.45) is 19.9. The molecule has 4 fully saturated rings. The fourth-order valence-electron chi connectivity index (χ4n) is 8.34. The Bertz CT molecular complexity index is 1460. The average molecular weight is 633 g/mol. The quantitative estimate of drug-likeness (QED) is 0.261. The first kappa shape index (κ1) is 33.7. The molecule has 1 aromatic carbocycles. The molecular formula is C43H60N4. The Balaban J connectivity index is 0.000000424. The first-order valence-corrected chi connectivity index (χ1v) is 19.0. The maximum atomic E-state index is 4.95. The topological polar surface area (TPSA) is 31.7 Å². The molecule has 5 aliphatic rings. The van der Waals surface area contributed by atoms with Crippen LogP contribution in [0.4, 0.5) is 5.82 Å². The highest BCUT2D eigenvalue weighted by Gasteiger charge is 2.30. The van der Waals surface area contributed by atoms with E-state index in [4.69, 9.17) is 16.6 Å². The van der Waals surface area contributed by atoms with Crippen LogP contribution in [0.15, 0.2) is 72.1 Å². The summed E-state index contributed by atoms with van der Waals surface area (Å²) >= 11 is 0. The highest BCUT2D eigenvalue weighted by Crippen LogP contribution is 2.40. The molecule has 1 aromatic heterocycles. The third kappa shape index (κ3) is 8.48. The molecule has 0 unspecified atom stereocenters. The smallest absolute Gasteiger partial charge is 0.133 e. The van der Waals surface area contributed by atoms with Crippen LogP contribution >= 0.6 is 0 Å². The van der Waals surface area contributed by atoms with Crippen molar-refractivity contribution in [1.82, 2.24) is 9.88 Å². The number of rotatable bonds is 10. The van der Waals surface area contributed by atoms with Crippen molar-refractivity contribution in [3.63, 3.8) is 0 Å². The van der Waals surface area contributed by atoms with Crippen molar-refractivity contribution in [1.29, 1.82) is 0 Å². The lowest BCUT2D eigenvalue weighted by Gasteiger charge is -2.39. The van der Waals surface area contributed by atoms with Crippen LogP contribution in [0.2, 0.25) is 0 Å². The molecule has 252 valence electrons.